The van der Waals surface area contributed by atoms with Gasteiger partial charge in [-0.25, -0.2) is 0 Å². The van der Waals surface area contributed by atoms with Crippen molar-refractivity contribution < 1.29 is 9.53 Å². The molecule has 1 aliphatic rings. The molecule has 6 heteroatoms. The van der Waals surface area contributed by atoms with Crippen LogP contribution in [0.5, 0.6) is 11.8 Å². The van der Waals surface area contributed by atoms with Crippen molar-refractivity contribution in [2.45, 2.75) is 39.7 Å². The Hall–Kier alpha value is -2.37. The summed E-state index contributed by atoms with van der Waals surface area (Å²) >= 11 is 0. The minimum absolute atomic E-state index is 0.344. The molecule has 122 valence electrons. The second-order valence-corrected chi connectivity index (χ2v) is 5.62. The van der Waals surface area contributed by atoms with Crippen molar-refractivity contribution in [3.8, 4) is 11.8 Å². The molecule has 0 unspecified atom stereocenters. The van der Waals surface area contributed by atoms with E-state index >= 15 is 0 Å². The third-order valence-corrected chi connectivity index (χ3v) is 4.14. The van der Waals surface area contributed by atoms with Gasteiger partial charge in [0.25, 0.3) is 0 Å². The Bertz CT molecular complexity index is 686. The van der Waals surface area contributed by atoms with E-state index in [1.54, 1.807) is 0 Å². The van der Waals surface area contributed by atoms with E-state index < -0.39 is 0 Å². The van der Waals surface area contributed by atoms with Gasteiger partial charge in [0.05, 0.1) is 0 Å². The van der Waals surface area contributed by atoms with Crippen molar-refractivity contribution in [1.29, 1.82) is 0 Å². The number of nitrogens with zero attached hydrogens (tertiary/aromatic N) is 4. The van der Waals surface area contributed by atoms with Crippen LogP contribution in [-0.2, 0) is 17.8 Å². The molecule has 1 aliphatic heterocycles. The molecular weight excluding hydrogens is 292 g/mol. The van der Waals surface area contributed by atoms with Gasteiger partial charge in [-0.1, -0.05) is 18.1 Å². The first-order valence-corrected chi connectivity index (χ1v) is 8.18. The summed E-state index contributed by atoms with van der Waals surface area (Å²) < 4.78 is 7.91. The topological polar surface area (TPSA) is 60.3 Å². The van der Waals surface area contributed by atoms with Crippen LogP contribution < -0.4 is 9.64 Å². The predicted octanol–water partition coefficient (Wildman–Crippen LogP) is 2.82. The Kier molecular flexibility index (Phi) is 4.60. The minimum Gasteiger partial charge on any atom is -0.424 e. The van der Waals surface area contributed by atoms with Crippen LogP contribution in [0.2, 0.25) is 0 Å². The first-order chi connectivity index (χ1) is 11.2. The number of ether oxygens (including phenoxy) is 1. The van der Waals surface area contributed by atoms with Crippen LogP contribution in [0, 0.1) is 0 Å². The van der Waals surface area contributed by atoms with E-state index in [1.165, 1.54) is 0 Å². The number of rotatable bonds is 5. The van der Waals surface area contributed by atoms with Gasteiger partial charge in [0.1, 0.15) is 17.4 Å². The molecule has 1 aromatic heterocycles. The summed E-state index contributed by atoms with van der Waals surface area (Å²) in [5.41, 5.74) is 1.08. The Labute approximate surface area is 136 Å². The molecule has 0 spiro atoms. The van der Waals surface area contributed by atoms with Crippen LogP contribution in [0.4, 0.5) is 5.69 Å². The van der Waals surface area contributed by atoms with Crippen molar-refractivity contribution >= 4 is 11.5 Å². The van der Waals surface area contributed by atoms with Crippen LogP contribution >= 0.6 is 0 Å². The molecule has 2 heterocycles. The summed E-state index contributed by atoms with van der Waals surface area (Å²) in [4.78, 5) is 13.6. The monoisotopic (exact) mass is 314 g/mol. The van der Waals surface area contributed by atoms with E-state index in [9.17, 15) is 4.79 Å². The van der Waals surface area contributed by atoms with Crippen LogP contribution in [0.1, 0.15) is 32.5 Å². The highest BCUT2D eigenvalue weighted by atomic mass is 16.5. The number of hydrogen-bond acceptors (Lipinski definition) is 5. The predicted molar refractivity (Wildman–Crippen MR) is 88.0 cm³/mol. The van der Waals surface area contributed by atoms with E-state index in [-0.39, 0.29) is 0 Å². The molecule has 0 radical (unpaired) electrons. The van der Waals surface area contributed by atoms with Crippen LogP contribution in [-0.4, -0.2) is 33.6 Å². The highest BCUT2D eigenvalue weighted by molar-refractivity contribution is 5.81. The van der Waals surface area contributed by atoms with Gasteiger partial charge in [0.2, 0.25) is 0 Å². The van der Waals surface area contributed by atoms with E-state index in [1.807, 2.05) is 28.8 Å². The lowest BCUT2D eigenvalue weighted by Crippen LogP contribution is -2.33. The number of carbonyl (C=O) groups excluding carboxylic acids is 1. The number of ketones is 1. The molecule has 23 heavy (non-hydrogen) atoms. The second kappa shape index (κ2) is 6.81. The number of carbonyl (C=O) groups is 1. The highest BCUT2D eigenvalue weighted by Crippen LogP contribution is 2.27. The van der Waals surface area contributed by atoms with Gasteiger partial charge in [-0.05, 0) is 19.1 Å². The average Bonchev–Trinajstić information content (AvgIpc) is 2.97. The number of hydrogen-bond donors (Lipinski definition) is 0. The molecule has 1 saturated heterocycles. The standard InChI is InChI=1S/C17H22N4O2/c1-3-16-18-19-17(21(16)4-2)23-15-7-5-6-13(12-15)20-10-8-14(22)9-11-20/h5-7,12H,3-4,8-11H2,1-2H3. The lowest BCUT2D eigenvalue weighted by atomic mass is 10.1. The van der Waals surface area contributed by atoms with Crippen molar-refractivity contribution in [3.63, 3.8) is 0 Å². The Balaban J connectivity index is 1.78. The van der Waals surface area contributed by atoms with E-state index in [0.717, 1.165) is 43.3 Å². The molecule has 1 aromatic carbocycles. The second-order valence-electron chi connectivity index (χ2n) is 5.62. The summed E-state index contributed by atoms with van der Waals surface area (Å²) in [6.07, 6.45) is 2.07. The van der Waals surface area contributed by atoms with Crippen LogP contribution in [0.15, 0.2) is 24.3 Å². The molecule has 2 aromatic rings. The first kappa shape index (κ1) is 15.5. The molecule has 0 saturated carbocycles. The van der Waals surface area contributed by atoms with Gasteiger partial charge >= 0.3 is 6.01 Å². The molecular formula is C17H22N4O2. The quantitative estimate of drug-likeness (QED) is 0.849. The van der Waals surface area contributed by atoms with Gasteiger partial charge in [0.15, 0.2) is 0 Å². The van der Waals surface area contributed by atoms with Crippen molar-refractivity contribution in [2.24, 2.45) is 0 Å². The summed E-state index contributed by atoms with van der Waals surface area (Å²) in [6, 6.07) is 8.45. The zero-order chi connectivity index (χ0) is 16.2. The third kappa shape index (κ3) is 3.36. The van der Waals surface area contributed by atoms with Gasteiger partial charge in [-0.3, -0.25) is 9.36 Å². The van der Waals surface area contributed by atoms with E-state index in [4.69, 9.17) is 4.74 Å². The number of aryl methyl sites for hydroxylation is 1. The highest BCUT2D eigenvalue weighted by Gasteiger charge is 2.17. The summed E-state index contributed by atoms with van der Waals surface area (Å²) in [6.45, 7) is 6.43. The van der Waals surface area contributed by atoms with Gasteiger partial charge in [0, 0.05) is 50.7 Å². The summed E-state index contributed by atoms with van der Waals surface area (Å²) in [7, 11) is 0. The largest absolute Gasteiger partial charge is 0.424 e. The Morgan fingerprint density at radius 1 is 1.17 bits per heavy atom. The number of anilines is 1. The molecule has 0 bridgehead atoms. The number of aromatic nitrogens is 3. The zero-order valence-electron chi connectivity index (χ0n) is 13.7. The zero-order valence-corrected chi connectivity index (χ0v) is 13.7. The first-order valence-electron chi connectivity index (χ1n) is 8.18. The maximum Gasteiger partial charge on any atom is 0.322 e. The average molecular weight is 314 g/mol. The molecule has 3 rings (SSSR count). The maximum absolute atomic E-state index is 11.4. The molecule has 6 nitrogen and oxygen atoms in total. The lowest BCUT2D eigenvalue weighted by Gasteiger charge is -2.28. The van der Waals surface area contributed by atoms with Crippen LogP contribution in [0.3, 0.4) is 0 Å². The molecule has 0 amide bonds. The molecule has 1 fully saturated rings. The van der Waals surface area contributed by atoms with Crippen LogP contribution in [0.25, 0.3) is 0 Å². The number of Topliss-reactive ketones (excluding diaryl/α,β-unsaturated/α-hetero) is 1. The van der Waals surface area contributed by atoms with Crippen molar-refractivity contribution in [1.82, 2.24) is 14.8 Å². The fourth-order valence-electron chi connectivity index (χ4n) is 2.84. The van der Waals surface area contributed by atoms with E-state index in [0.29, 0.717) is 24.6 Å². The fraction of sp³-hybridized carbons (Fsp3) is 0.471. The SMILES string of the molecule is CCc1nnc(Oc2cccc(N3CCC(=O)CC3)c2)n1CC. The number of benzene rings is 1. The summed E-state index contributed by atoms with van der Waals surface area (Å²) in [5, 5.41) is 8.30. The van der Waals surface area contributed by atoms with Gasteiger partial charge < -0.3 is 9.64 Å². The van der Waals surface area contributed by atoms with Crippen molar-refractivity contribution in [2.75, 3.05) is 18.0 Å². The Morgan fingerprint density at radius 3 is 2.65 bits per heavy atom. The fourth-order valence-corrected chi connectivity index (χ4v) is 2.84. The number of piperidine rings is 1. The molecule has 0 aliphatic carbocycles. The molecule has 0 N–H and O–H groups in total. The summed E-state index contributed by atoms with van der Waals surface area (Å²) in [5.74, 6) is 2.01. The van der Waals surface area contributed by atoms with Gasteiger partial charge in [-0.2, -0.15) is 0 Å². The molecule has 0 atom stereocenters. The minimum atomic E-state index is 0.344. The smallest absolute Gasteiger partial charge is 0.322 e. The van der Waals surface area contributed by atoms with Gasteiger partial charge in [-0.15, -0.1) is 5.10 Å². The van der Waals surface area contributed by atoms with Crippen molar-refractivity contribution in [3.05, 3.63) is 30.1 Å². The lowest BCUT2D eigenvalue weighted by molar-refractivity contribution is -0.119. The maximum atomic E-state index is 11.4. The van der Waals surface area contributed by atoms with E-state index in [2.05, 4.69) is 28.9 Å². The Morgan fingerprint density at radius 2 is 1.96 bits per heavy atom. The third-order valence-electron chi connectivity index (χ3n) is 4.14. The normalized spacial score (nSPS) is 15.0.